The number of nitrogens with zero attached hydrogens (tertiary/aromatic N) is 3. The molecule has 0 radical (unpaired) electrons. The van der Waals surface area contributed by atoms with Crippen molar-refractivity contribution in [2.75, 3.05) is 43.4 Å². The Hall–Kier alpha value is -1.33. The van der Waals surface area contributed by atoms with Crippen LogP contribution < -0.4 is 10.6 Å². The predicted octanol–water partition coefficient (Wildman–Crippen LogP) is 0.557. The number of nitrogen functional groups attached to an aromatic ring is 1. The SMILES string of the molecule is CC(O)CCN1CCN(c2ccc(N)cn2)CC1. The van der Waals surface area contributed by atoms with E-state index in [1.165, 1.54) is 0 Å². The minimum atomic E-state index is -0.207. The van der Waals surface area contributed by atoms with Gasteiger partial charge in [0, 0.05) is 32.7 Å². The molecule has 0 amide bonds. The summed E-state index contributed by atoms with van der Waals surface area (Å²) in [4.78, 5) is 9.01. The largest absolute Gasteiger partial charge is 0.397 e. The summed E-state index contributed by atoms with van der Waals surface area (Å²) in [6.07, 6.45) is 2.34. The maximum Gasteiger partial charge on any atom is 0.128 e. The molecule has 1 unspecified atom stereocenters. The summed E-state index contributed by atoms with van der Waals surface area (Å²) in [7, 11) is 0. The van der Waals surface area contributed by atoms with Crippen LogP contribution in [-0.4, -0.2) is 53.8 Å². The van der Waals surface area contributed by atoms with Crippen LogP contribution in [0.15, 0.2) is 18.3 Å². The highest BCUT2D eigenvalue weighted by Crippen LogP contribution is 2.14. The van der Waals surface area contributed by atoms with Crippen molar-refractivity contribution in [2.45, 2.75) is 19.4 Å². The summed E-state index contributed by atoms with van der Waals surface area (Å²) in [6.45, 7) is 6.83. The van der Waals surface area contributed by atoms with E-state index < -0.39 is 0 Å². The molecule has 18 heavy (non-hydrogen) atoms. The Morgan fingerprint density at radius 1 is 1.33 bits per heavy atom. The topological polar surface area (TPSA) is 65.6 Å². The van der Waals surface area contributed by atoms with E-state index in [0.29, 0.717) is 5.69 Å². The van der Waals surface area contributed by atoms with E-state index in [0.717, 1.165) is 45.0 Å². The lowest BCUT2D eigenvalue weighted by molar-refractivity contribution is 0.153. The number of hydrogen-bond acceptors (Lipinski definition) is 5. The van der Waals surface area contributed by atoms with Gasteiger partial charge < -0.3 is 15.7 Å². The van der Waals surface area contributed by atoms with E-state index in [2.05, 4.69) is 14.8 Å². The van der Waals surface area contributed by atoms with Gasteiger partial charge in [0.05, 0.1) is 18.0 Å². The van der Waals surface area contributed by atoms with E-state index in [-0.39, 0.29) is 6.10 Å². The molecule has 1 saturated heterocycles. The zero-order valence-corrected chi connectivity index (χ0v) is 10.9. The van der Waals surface area contributed by atoms with Gasteiger partial charge in [0.2, 0.25) is 0 Å². The summed E-state index contributed by atoms with van der Waals surface area (Å²) in [6, 6.07) is 3.86. The first-order chi connectivity index (χ1) is 8.65. The third kappa shape index (κ3) is 3.58. The molecule has 1 aliphatic rings. The van der Waals surface area contributed by atoms with Gasteiger partial charge >= 0.3 is 0 Å². The number of rotatable bonds is 4. The zero-order valence-electron chi connectivity index (χ0n) is 10.9. The Labute approximate surface area is 108 Å². The Balaban J connectivity index is 1.81. The van der Waals surface area contributed by atoms with Gasteiger partial charge in [-0.05, 0) is 25.5 Å². The van der Waals surface area contributed by atoms with Crippen molar-refractivity contribution in [3.8, 4) is 0 Å². The number of aliphatic hydroxyl groups excluding tert-OH is 1. The summed E-state index contributed by atoms with van der Waals surface area (Å²) < 4.78 is 0. The van der Waals surface area contributed by atoms with E-state index in [1.54, 1.807) is 6.20 Å². The van der Waals surface area contributed by atoms with Crippen molar-refractivity contribution >= 4 is 11.5 Å². The number of aliphatic hydroxyl groups is 1. The molecule has 0 aromatic carbocycles. The molecule has 2 rings (SSSR count). The third-order valence-corrected chi connectivity index (χ3v) is 3.33. The first kappa shape index (κ1) is 13.1. The fourth-order valence-electron chi connectivity index (χ4n) is 2.15. The molecule has 1 aromatic rings. The van der Waals surface area contributed by atoms with Gasteiger partial charge in [0.25, 0.3) is 0 Å². The molecule has 1 aromatic heterocycles. The molecule has 100 valence electrons. The van der Waals surface area contributed by atoms with Crippen molar-refractivity contribution in [1.29, 1.82) is 0 Å². The van der Waals surface area contributed by atoms with Gasteiger partial charge in [0.1, 0.15) is 5.82 Å². The van der Waals surface area contributed by atoms with Crippen LogP contribution in [0.3, 0.4) is 0 Å². The van der Waals surface area contributed by atoms with Gasteiger partial charge in [-0.2, -0.15) is 0 Å². The standard InChI is InChI=1S/C13H22N4O/c1-11(18)4-5-16-6-8-17(9-7-16)13-3-2-12(14)10-15-13/h2-3,10-11,18H,4-9,14H2,1H3. The molecule has 1 fully saturated rings. The van der Waals surface area contributed by atoms with Gasteiger partial charge in [-0.25, -0.2) is 4.98 Å². The Morgan fingerprint density at radius 2 is 2.06 bits per heavy atom. The van der Waals surface area contributed by atoms with Crippen molar-refractivity contribution in [1.82, 2.24) is 9.88 Å². The molecule has 1 aliphatic heterocycles. The van der Waals surface area contributed by atoms with Gasteiger partial charge in [-0.1, -0.05) is 0 Å². The van der Waals surface area contributed by atoms with Crippen molar-refractivity contribution < 1.29 is 5.11 Å². The molecule has 5 nitrogen and oxygen atoms in total. The lowest BCUT2D eigenvalue weighted by Gasteiger charge is -2.35. The van der Waals surface area contributed by atoms with E-state index in [1.807, 2.05) is 19.1 Å². The molecule has 3 N–H and O–H groups in total. The molecule has 0 saturated carbocycles. The van der Waals surface area contributed by atoms with E-state index in [9.17, 15) is 5.11 Å². The monoisotopic (exact) mass is 250 g/mol. The maximum atomic E-state index is 9.28. The van der Waals surface area contributed by atoms with Crippen LogP contribution in [0, 0.1) is 0 Å². The van der Waals surface area contributed by atoms with Gasteiger partial charge in [-0.3, -0.25) is 4.90 Å². The van der Waals surface area contributed by atoms with Crippen LogP contribution in [0.5, 0.6) is 0 Å². The van der Waals surface area contributed by atoms with E-state index in [4.69, 9.17) is 5.73 Å². The lowest BCUT2D eigenvalue weighted by Crippen LogP contribution is -2.47. The van der Waals surface area contributed by atoms with Crippen LogP contribution in [0.25, 0.3) is 0 Å². The fourth-order valence-corrected chi connectivity index (χ4v) is 2.15. The minimum Gasteiger partial charge on any atom is -0.397 e. The highest BCUT2D eigenvalue weighted by molar-refractivity contribution is 5.46. The maximum absolute atomic E-state index is 9.28. The molecule has 5 heteroatoms. The quantitative estimate of drug-likeness (QED) is 0.817. The van der Waals surface area contributed by atoms with Crippen molar-refractivity contribution in [3.63, 3.8) is 0 Å². The fraction of sp³-hybridized carbons (Fsp3) is 0.615. The van der Waals surface area contributed by atoms with Crippen LogP contribution in [0.1, 0.15) is 13.3 Å². The van der Waals surface area contributed by atoms with Crippen LogP contribution >= 0.6 is 0 Å². The Morgan fingerprint density at radius 3 is 2.61 bits per heavy atom. The summed E-state index contributed by atoms with van der Waals surface area (Å²) in [5, 5.41) is 9.28. The highest BCUT2D eigenvalue weighted by Gasteiger charge is 2.17. The van der Waals surface area contributed by atoms with E-state index >= 15 is 0 Å². The summed E-state index contributed by atoms with van der Waals surface area (Å²) in [5.74, 6) is 0.999. The molecule has 0 aliphatic carbocycles. The molecule has 2 heterocycles. The lowest BCUT2D eigenvalue weighted by atomic mass is 10.2. The minimum absolute atomic E-state index is 0.207. The number of anilines is 2. The normalized spacial score (nSPS) is 18.9. The third-order valence-electron chi connectivity index (χ3n) is 3.33. The average molecular weight is 250 g/mol. The van der Waals surface area contributed by atoms with Gasteiger partial charge in [0.15, 0.2) is 0 Å². The Kier molecular flexibility index (Phi) is 4.38. The first-order valence-corrected chi connectivity index (χ1v) is 6.52. The molecule has 0 spiro atoms. The predicted molar refractivity (Wildman–Crippen MR) is 73.6 cm³/mol. The number of aromatic nitrogens is 1. The van der Waals surface area contributed by atoms with Crippen LogP contribution in [0.4, 0.5) is 11.5 Å². The van der Waals surface area contributed by atoms with Crippen molar-refractivity contribution in [2.24, 2.45) is 0 Å². The molecular formula is C13H22N4O. The number of hydrogen-bond donors (Lipinski definition) is 2. The second-order valence-corrected chi connectivity index (χ2v) is 4.92. The van der Waals surface area contributed by atoms with Crippen LogP contribution in [0.2, 0.25) is 0 Å². The van der Waals surface area contributed by atoms with Gasteiger partial charge in [-0.15, -0.1) is 0 Å². The average Bonchev–Trinajstić information content (AvgIpc) is 2.38. The first-order valence-electron chi connectivity index (χ1n) is 6.52. The number of nitrogens with two attached hydrogens (primary N) is 1. The van der Waals surface area contributed by atoms with Crippen LogP contribution in [-0.2, 0) is 0 Å². The molecule has 1 atom stereocenters. The highest BCUT2D eigenvalue weighted by atomic mass is 16.3. The second kappa shape index (κ2) is 6.02. The van der Waals surface area contributed by atoms with Crippen molar-refractivity contribution in [3.05, 3.63) is 18.3 Å². The zero-order chi connectivity index (χ0) is 13.0. The number of pyridine rings is 1. The Bertz CT molecular complexity index is 358. The summed E-state index contributed by atoms with van der Waals surface area (Å²) in [5.41, 5.74) is 6.34. The number of piperazine rings is 1. The molecule has 0 bridgehead atoms. The second-order valence-electron chi connectivity index (χ2n) is 4.92. The summed E-state index contributed by atoms with van der Waals surface area (Å²) >= 11 is 0. The molecular weight excluding hydrogens is 228 g/mol. The smallest absolute Gasteiger partial charge is 0.128 e.